The Morgan fingerprint density at radius 2 is 1.87 bits per heavy atom. The van der Waals surface area contributed by atoms with Crippen molar-refractivity contribution in [3.63, 3.8) is 0 Å². The first kappa shape index (κ1) is 15.8. The molecule has 2 aromatic rings. The van der Waals surface area contributed by atoms with E-state index in [4.69, 9.17) is 0 Å². The molecule has 3 nitrogen and oxygen atoms in total. The molecule has 23 heavy (non-hydrogen) atoms. The molecule has 0 atom stereocenters. The number of benzene rings is 1. The van der Waals surface area contributed by atoms with Crippen LogP contribution in [0.5, 0.6) is 0 Å². The molecular formula is C19H23FN2O. The third-order valence-electron chi connectivity index (χ3n) is 4.71. The normalized spacial score (nSPS) is 15.6. The molecule has 0 saturated heterocycles. The molecule has 0 radical (unpaired) electrons. The lowest BCUT2D eigenvalue weighted by Crippen LogP contribution is -2.36. The second kappa shape index (κ2) is 6.57. The fourth-order valence-corrected chi connectivity index (χ4v) is 3.51. The minimum Gasteiger partial charge on any atom is -0.349 e. The van der Waals surface area contributed by atoms with Crippen LogP contribution >= 0.6 is 0 Å². The second-order valence-corrected chi connectivity index (χ2v) is 6.38. The Balaban J connectivity index is 1.88. The molecule has 3 rings (SSSR count). The van der Waals surface area contributed by atoms with Gasteiger partial charge in [-0.15, -0.1) is 0 Å². The van der Waals surface area contributed by atoms with Gasteiger partial charge in [0.2, 0.25) is 0 Å². The number of hydrogen-bond donors (Lipinski definition) is 1. The number of aryl methyl sites for hydroxylation is 1. The van der Waals surface area contributed by atoms with Crippen molar-refractivity contribution in [1.29, 1.82) is 0 Å². The Morgan fingerprint density at radius 3 is 2.57 bits per heavy atom. The van der Waals surface area contributed by atoms with Gasteiger partial charge in [0.05, 0.1) is 11.3 Å². The van der Waals surface area contributed by atoms with Crippen molar-refractivity contribution in [2.75, 3.05) is 0 Å². The molecule has 1 fully saturated rings. The first-order valence-corrected chi connectivity index (χ1v) is 8.32. The number of carbonyl (C=O) groups is 1. The molecule has 122 valence electrons. The van der Waals surface area contributed by atoms with Gasteiger partial charge in [0.25, 0.3) is 5.91 Å². The number of halogens is 1. The molecule has 1 aliphatic carbocycles. The monoisotopic (exact) mass is 314 g/mol. The maximum absolute atomic E-state index is 14.1. The Morgan fingerprint density at radius 1 is 1.17 bits per heavy atom. The third kappa shape index (κ3) is 3.16. The van der Waals surface area contributed by atoms with Crippen molar-refractivity contribution in [2.24, 2.45) is 0 Å². The summed E-state index contributed by atoms with van der Waals surface area (Å²) in [7, 11) is 0. The SMILES string of the molecule is Cc1cc(C(=O)NC2CCCCC2)c(C)n1-c1ccccc1F. The molecule has 0 aliphatic heterocycles. The van der Waals surface area contributed by atoms with Gasteiger partial charge in [0.15, 0.2) is 0 Å². The van der Waals surface area contributed by atoms with Crippen LogP contribution in [-0.4, -0.2) is 16.5 Å². The van der Waals surface area contributed by atoms with Crippen LogP contribution in [0.3, 0.4) is 0 Å². The average molecular weight is 314 g/mol. The van der Waals surface area contributed by atoms with Gasteiger partial charge in [-0.25, -0.2) is 4.39 Å². The summed E-state index contributed by atoms with van der Waals surface area (Å²) in [5.41, 5.74) is 2.76. The maximum Gasteiger partial charge on any atom is 0.253 e. The van der Waals surface area contributed by atoms with Crippen molar-refractivity contribution >= 4 is 5.91 Å². The van der Waals surface area contributed by atoms with Crippen molar-refractivity contribution in [2.45, 2.75) is 52.0 Å². The minimum absolute atomic E-state index is 0.0485. The highest BCUT2D eigenvalue weighted by atomic mass is 19.1. The van der Waals surface area contributed by atoms with E-state index in [1.165, 1.54) is 25.3 Å². The van der Waals surface area contributed by atoms with E-state index < -0.39 is 0 Å². The second-order valence-electron chi connectivity index (χ2n) is 6.38. The smallest absolute Gasteiger partial charge is 0.253 e. The number of carbonyl (C=O) groups excluding carboxylic acids is 1. The zero-order chi connectivity index (χ0) is 16.4. The van der Waals surface area contributed by atoms with Gasteiger partial charge in [-0.3, -0.25) is 4.79 Å². The van der Waals surface area contributed by atoms with Gasteiger partial charge in [0, 0.05) is 17.4 Å². The summed E-state index contributed by atoms with van der Waals surface area (Å²) in [6.07, 6.45) is 5.72. The van der Waals surface area contributed by atoms with Crippen LogP contribution in [0.4, 0.5) is 4.39 Å². The van der Waals surface area contributed by atoms with Crippen LogP contribution < -0.4 is 5.32 Å². The molecule has 0 spiro atoms. The average Bonchev–Trinajstić information content (AvgIpc) is 2.84. The highest BCUT2D eigenvalue weighted by Gasteiger charge is 2.21. The van der Waals surface area contributed by atoms with E-state index in [0.717, 1.165) is 24.2 Å². The summed E-state index contributed by atoms with van der Waals surface area (Å²) < 4.78 is 15.9. The van der Waals surface area contributed by atoms with E-state index >= 15 is 0 Å². The molecule has 1 N–H and O–H groups in total. The Hall–Kier alpha value is -2.10. The van der Waals surface area contributed by atoms with E-state index in [9.17, 15) is 9.18 Å². The van der Waals surface area contributed by atoms with E-state index in [-0.39, 0.29) is 17.8 Å². The van der Waals surface area contributed by atoms with Crippen LogP contribution in [0.25, 0.3) is 5.69 Å². The highest BCUT2D eigenvalue weighted by molar-refractivity contribution is 5.96. The van der Waals surface area contributed by atoms with Crippen LogP contribution in [0.15, 0.2) is 30.3 Å². The number of hydrogen-bond acceptors (Lipinski definition) is 1. The number of rotatable bonds is 3. The highest BCUT2D eigenvalue weighted by Crippen LogP contribution is 2.24. The summed E-state index contributed by atoms with van der Waals surface area (Å²) in [4.78, 5) is 12.6. The lowest BCUT2D eigenvalue weighted by atomic mass is 9.95. The standard InChI is InChI=1S/C19H23FN2O/c1-13-12-16(19(23)21-15-8-4-3-5-9-15)14(2)22(13)18-11-7-6-10-17(18)20/h6-7,10-12,15H,3-5,8-9H2,1-2H3,(H,21,23). The van der Waals surface area contributed by atoms with Crippen LogP contribution in [-0.2, 0) is 0 Å². The Kier molecular flexibility index (Phi) is 4.51. The minimum atomic E-state index is -0.284. The largest absolute Gasteiger partial charge is 0.349 e. The lowest BCUT2D eigenvalue weighted by molar-refractivity contribution is 0.0927. The number of amides is 1. The Labute approximate surface area is 136 Å². The fourth-order valence-electron chi connectivity index (χ4n) is 3.51. The molecule has 1 aromatic heterocycles. The van der Waals surface area contributed by atoms with E-state index in [1.54, 1.807) is 18.2 Å². The van der Waals surface area contributed by atoms with Gasteiger partial charge in [-0.1, -0.05) is 31.4 Å². The summed E-state index contributed by atoms with van der Waals surface area (Å²) in [5, 5.41) is 3.14. The van der Waals surface area contributed by atoms with Gasteiger partial charge < -0.3 is 9.88 Å². The van der Waals surface area contributed by atoms with E-state index in [2.05, 4.69) is 5.32 Å². The summed E-state index contributed by atoms with van der Waals surface area (Å²) in [6.45, 7) is 3.77. The number of aromatic nitrogens is 1. The maximum atomic E-state index is 14.1. The predicted octanol–water partition coefficient (Wildman–Crippen LogP) is 4.30. The van der Waals surface area contributed by atoms with Crippen molar-refractivity contribution < 1.29 is 9.18 Å². The first-order chi connectivity index (χ1) is 11.1. The first-order valence-electron chi connectivity index (χ1n) is 8.32. The molecule has 4 heteroatoms. The third-order valence-corrected chi connectivity index (χ3v) is 4.71. The van der Waals surface area contributed by atoms with Crippen molar-refractivity contribution in [1.82, 2.24) is 9.88 Å². The number of nitrogens with one attached hydrogen (secondary N) is 1. The topological polar surface area (TPSA) is 34.0 Å². The molecule has 1 aliphatic rings. The molecule has 0 bridgehead atoms. The van der Waals surface area contributed by atoms with Gasteiger partial charge >= 0.3 is 0 Å². The molecule has 1 heterocycles. The van der Waals surface area contributed by atoms with Crippen molar-refractivity contribution in [3.8, 4) is 5.69 Å². The van der Waals surface area contributed by atoms with Gasteiger partial charge in [0.1, 0.15) is 5.82 Å². The van der Waals surface area contributed by atoms with E-state index in [1.807, 2.05) is 24.5 Å². The molecule has 1 aromatic carbocycles. The quantitative estimate of drug-likeness (QED) is 0.900. The molecule has 1 saturated carbocycles. The number of para-hydroxylation sites is 1. The molecule has 1 amide bonds. The van der Waals surface area contributed by atoms with E-state index in [0.29, 0.717) is 11.3 Å². The fraction of sp³-hybridized carbons (Fsp3) is 0.421. The summed E-state index contributed by atoms with van der Waals surface area (Å²) >= 11 is 0. The summed E-state index contributed by atoms with van der Waals surface area (Å²) in [5.74, 6) is -0.332. The van der Waals surface area contributed by atoms with Crippen molar-refractivity contribution in [3.05, 3.63) is 53.1 Å². The molecular weight excluding hydrogens is 291 g/mol. The summed E-state index contributed by atoms with van der Waals surface area (Å²) in [6, 6.07) is 8.77. The predicted molar refractivity (Wildman–Crippen MR) is 89.5 cm³/mol. The molecule has 0 unspecified atom stereocenters. The van der Waals surface area contributed by atoms with Crippen LogP contribution in [0.1, 0.15) is 53.8 Å². The van der Waals surface area contributed by atoms with Crippen LogP contribution in [0.2, 0.25) is 0 Å². The number of nitrogens with zero attached hydrogens (tertiary/aromatic N) is 1. The van der Waals surface area contributed by atoms with Crippen LogP contribution in [0, 0.1) is 19.7 Å². The lowest BCUT2D eigenvalue weighted by Gasteiger charge is -2.22. The zero-order valence-electron chi connectivity index (χ0n) is 13.7. The van der Waals surface area contributed by atoms with Gasteiger partial charge in [-0.2, -0.15) is 0 Å². The Bertz CT molecular complexity index is 714. The van der Waals surface area contributed by atoms with Gasteiger partial charge in [-0.05, 0) is 44.9 Å². The zero-order valence-corrected chi connectivity index (χ0v) is 13.7.